The van der Waals surface area contributed by atoms with E-state index in [4.69, 9.17) is 27.9 Å². The average molecular weight is 477 g/mol. The number of amides is 2. The second-order valence-electron chi connectivity index (χ2n) is 8.16. The van der Waals surface area contributed by atoms with Crippen molar-refractivity contribution in [3.05, 3.63) is 64.1 Å². The van der Waals surface area contributed by atoms with E-state index in [1.807, 2.05) is 19.1 Å². The molecule has 0 unspecified atom stereocenters. The van der Waals surface area contributed by atoms with Gasteiger partial charge in [0.2, 0.25) is 5.91 Å². The van der Waals surface area contributed by atoms with Gasteiger partial charge in [-0.15, -0.1) is 0 Å². The molecule has 3 rings (SSSR count). The minimum absolute atomic E-state index is 0.107. The molecule has 0 spiro atoms. The summed E-state index contributed by atoms with van der Waals surface area (Å²) in [6.45, 7) is 2.04. The normalized spacial score (nSPS) is 15.1. The van der Waals surface area contributed by atoms with Crippen LogP contribution in [-0.4, -0.2) is 35.4 Å². The van der Waals surface area contributed by atoms with Gasteiger partial charge >= 0.3 is 0 Å². The first-order valence-corrected chi connectivity index (χ1v) is 11.9. The SMILES string of the molecule is CC[C@H](C(=O)NC1CCCCC1)N(Cc1ccc(Cl)cc1)C(=O)COc1cccc(Cl)c1. The van der Waals surface area contributed by atoms with Crippen molar-refractivity contribution in [3.63, 3.8) is 0 Å². The average Bonchev–Trinajstić information content (AvgIpc) is 2.79. The van der Waals surface area contributed by atoms with E-state index < -0.39 is 6.04 Å². The van der Waals surface area contributed by atoms with E-state index in [-0.39, 0.29) is 24.5 Å². The van der Waals surface area contributed by atoms with Crippen LogP contribution in [0.5, 0.6) is 5.75 Å². The molecule has 1 aliphatic carbocycles. The molecular formula is C25H30Cl2N2O3. The summed E-state index contributed by atoms with van der Waals surface area (Å²) >= 11 is 12.0. The van der Waals surface area contributed by atoms with Crippen LogP contribution >= 0.6 is 23.2 Å². The van der Waals surface area contributed by atoms with Gasteiger partial charge in [0.15, 0.2) is 6.61 Å². The molecule has 32 heavy (non-hydrogen) atoms. The van der Waals surface area contributed by atoms with E-state index in [1.165, 1.54) is 6.42 Å². The number of benzene rings is 2. The molecule has 1 fully saturated rings. The van der Waals surface area contributed by atoms with E-state index in [0.717, 1.165) is 31.2 Å². The molecule has 0 aliphatic heterocycles. The lowest BCUT2D eigenvalue weighted by molar-refractivity contribution is -0.143. The second-order valence-corrected chi connectivity index (χ2v) is 9.03. The molecule has 2 aromatic rings. The molecular weight excluding hydrogens is 447 g/mol. The van der Waals surface area contributed by atoms with E-state index in [2.05, 4.69) is 5.32 Å². The molecule has 0 heterocycles. The molecule has 1 aliphatic rings. The van der Waals surface area contributed by atoms with Crippen LogP contribution in [-0.2, 0) is 16.1 Å². The standard InChI is InChI=1S/C25H30Cl2N2O3/c1-2-23(25(31)28-21-8-4-3-5-9-21)29(16-18-11-13-19(26)14-12-18)24(30)17-32-22-10-6-7-20(27)15-22/h6-7,10-15,21,23H,2-5,8-9,16-17H2,1H3,(H,28,31)/t23-/m1/s1. The molecule has 1 N–H and O–H groups in total. The van der Waals surface area contributed by atoms with E-state index in [0.29, 0.717) is 28.8 Å². The lowest BCUT2D eigenvalue weighted by Gasteiger charge is -2.32. The number of hydrogen-bond acceptors (Lipinski definition) is 3. The van der Waals surface area contributed by atoms with Crippen molar-refractivity contribution in [2.24, 2.45) is 0 Å². The van der Waals surface area contributed by atoms with Crippen LogP contribution in [0.1, 0.15) is 51.0 Å². The maximum absolute atomic E-state index is 13.2. The third kappa shape index (κ3) is 7.14. The molecule has 5 nitrogen and oxygen atoms in total. The van der Waals surface area contributed by atoms with Crippen molar-refractivity contribution < 1.29 is 14.3 Å². The number of nitrogens with zero attached hydrogens (tertiary/aromatic N) is 1. The Hall–Kier alpha value is -2.24. The first kappa shape index (κ1) is 24.4. The highest BCUT2D eigenvalue weighted by Crippen LogP contribution is 2.21. The summed E-state index contributed by atoms with van der Waals surface area (Å²) in [6.07, 6.45) is 5.96. The summed E-state index contributed by atoms with van der Waals surface area (Å²) < 4.78 is 5.68. The molecule has 0 saturated heterocycles. The number of halogens is 2. The molecule has 0 bridgehead atoms. The lowest BCUT2D eigenvalue weighted by atomic mass is 9.95. The summed E-state index contributed by atoms with van der Waals surface area (Å²) in [5.41, 5.74) is 0.898. The van der Waals surface area contributed by atoms with Gasteiger partial charge in [0.1, 0.15) is 11.8 Å². The molecule has 1 atom stereocenters. The van der Waals surface area contributed by atoms with Crippen LogP contribution < -0.4 is 10.1 Å². The van der Waals surface area contributed by atoms with Gasteiger partial charge in [-0.1, -0.05) is 67.6 Å². The number of hydrogen-bond donors (Lipinski definition) is 1. The zero-order chi connectivity index (χ0) is 22.9. The van der Waals surface area contributed by atoms with E-state index in [9.17, 15) is 9.59 Å². The second kappa shape index (κ2) is 12.1. The number of rotatable bonds is 9. The quantitative estimate of drug-likeness (QED) is 0.510. The summed E-state index contributed by atoms with van der Waals surface area (Å²) in [4.78, 5) is 28.0. The van der Waals surface area contributed by atoms with Crippen molar-refractivity contribution in [1.82, 2.24) is 10.2 Å². The summed E-state index contributed by atoms with van der Waals surface area (Å²) in [5, 5.41) is 4.33. The number of ether oxygens (including phenoxy) is 1. The molecule has 2 amide bonds. The zero-order valence-corrected chi connectivity index (χ0v) is 19.9. The molecule has 0 radical (unpaired) electrons. The number of carbonyl (C=O) groups excluding carboxylic acids is 2. The van der Waals surface area contributed by atoms with Crippen molar-refractivity contribution in [2.45, 2.75) is 64.1 Å². The lowest BCUT2D eigenvalue weighted by Crippen LogP contribution is -2.52. The number of nitrogens with one attached hydrogen (secondary N) is 1. The smallest absolute Gasteiger partial charge is 0.261 e. The minimum atomic E-state index is -0.580. The van der Waals surface area contributed by atoms with Crippen molar-refractivity contribution in [1.29, 1.82) is 0 Å². The van der Waals surface area contributed by atoms with Crippen LogP contribution in [0.4, 0.5) is 0 Å². The highest BCUT2D eigenvalue weighted by Gasteiger charge is 2.30. The Labute approximate surface area is 200 Å². The monoisotopic (exact) mass is 476 g/mol. The highest BCUT2D eigenvalue weighted by atomic mass is 35.5. The maximum atomic E-state index is 13.2. The van der Waals surface area contributed by atoms with Crippen LogP contribution in [0.2, 0.25) is 10.0 Å². The Morgan fingerprint density at radius 1 is 1.06 bits per heavy atom. The number of carbonyl (C=O) groups is 2. The van der Waals surface area contributed by atoms with Gasteiger partial charge in [0, 0.05) is 22.6 Å². The van der Waals surface area contributed by atoms with Gasteiger partial charge in [0.05, 0.1) is 0 Å². The Bertz CT molecular complexity index is 898. The molecule has 2 aromatic carbocycles. The summed E-state index contributed by atoms with van der Waals surface area (Å²) in [5.74, 6) is 0.145. The fourth-order valence-corrected chi connectivity index (χ4v) is 4.34. The van der Waals surface area contributed by atoms with Crippen LogP contribution in [0, 0.1) is 0 Å². The van der Waals surface area contributed by atoms with Crippen molar-refractivity contribution in [2.75, 3.05) is 6.61 Å². The largest absolute Gasteiger partial charge is 0.484 e. The Morgan fingerprint density at radius 3 is 2.44 bits per heavy atom. The van der Waals surface area contributed by atoms with Gasteiger partial charge < -0.3 is 15.0 Å². The van der Waals surface area contributed by atoms with Crippen LogP contribution in [0.3, 0.4) is 0 Å². The van der Waals surface area contributed by atoms with Gasteiger partial charge in [-0.3, -0.25) is 9.59 Å². The summed E-state index contributed by atoms with van der Waals surface area (Å²) in [7, 11) is 0. The van der Waals surface area contributed by atoms with Gasteiger partial charge in [0.25, 0.3) is 5.91 Å². The Kier molecular flexibility index (Phi) is 9.24. The Balaban J connectivity index is 1.74. The van der Waals surface area contributed by atoms with Gasteiger partial charge in [-0.2, -0.15) is 0 Å². The van der Waals surface area contributed by atoms with Crippen molar-refractivity contribution >= 4 is 35.0 Å². The topological polar surface area (TPSA) is 58.6 Å². The van der Waals surface area contributed by atoms with Crippen LogP contribution in [0.25, 0.3) is 0 Å². The van der Waals surface area contributed by atoms with Gasteiger partial charge in [-0.25, -0.2) is 0 Å². The van der Waals surface area contributed by atoms with E-state index >= 15 is 0 Å². The first-order valence-electron chi connectivity index (χ1n) is 11.2. The predicted octanol–water partition coefficient (Wildman–Crippen LogP) is 5.63. The molecule has 7 heteroatoms. The zero-order valence-electron chi connectivity index (χ0n) is 18.4. The summed E-state index contributed by atoms with van der Waals surface area (Å²) in [6, 6.07) is 13.8. The third-order valence-electron chi connectivity index (χ3n) is 5.76. The minimum Gasteiger partial charge on any atom is -0.484 e. The third-order valence-corrected chi connectivity index (χ3v) is 6.25. The van der Waals surface area contributed by atoms with Crippen LogP contribution in [0.15, 0.2) is 48.5 Å². The predicted molar refractivity (Wildman–Crippen MR) is 128 cm³/mol. The van der Waals surface area contributed by atoms with Gasteiger partial charge in [-0.05, 0) is 55.2 Å². The van der Waals surface area contributed by atoms with E-state index in [1.54, 1.807) is 41.3 Å². The maximum Gasteiger partial charge on any atom is 0.261 e. The molecule has 172 valence electrons. The van der Waals surface area contributed by atoms with Crippen molar-refractivity contribution in [3.8, 4) is 5.75 Å². The molecule has 0 aromatic heterocycles. The first-order chi connectivity index (χ1) is 15.5. The fourth-order valence-electron chi connectivity index (χ4n) is 4.04. The fraction of sp³-hybridized carbons (Fsp3) is 0.440. The highest BCUT2D eigenvalue weighted by molar-refractivity contribution is 6.30. The Morgan fingerprint density at radius 2 is 1.78 bits per heavy atom. The molecule has 1 saturated carbocycles.